The van der Waals surface area contributed by atoms with Gasteiger partial charge in [0, 0.05) is 23.1 Å². The molecule has 112 valence electrons. The normalized spacial score (nSPS) is 12.3. The smallest absolute Gasteiger partial charge is 0.326 e. The zero-order valence-corrected chi connectivity index (χ0v) is 12.0. The molecule has 0 fully saturated rings. The summed E-state index contributed by atoms with van der Waals surface area (Å²) >= 11 is 1.11. The third kappa shape index (κ3) is 3.03. The number of rotatable bonds is 5. The molecule has 0 saturated carbocycles. The van der Waals surface area contributed by atoms with E-state index in [9.17, 15) is 14.0 Å². The van der Waals surface area contributed by atoms with E-state index in [0.717, 1.165) is 11.3 Å². The Hall–Kier alpha value is -1.99. The maximum absolute atomic E-state index is 13.8. The molecule has 3 N–H and O–H groups in total. The predicted octanol–water partition coefficient (Wildman–Crippen LogP) is 1.91. The molecule has 1 aromatic heterocycles. The topological polar surface area (TPSA) is 86.6 Å². The maximum Gasteiger partial charge on any atom is 0.326 e. The number of carbonyl (C=O) groups excluding carboxylic acids is 1. The SMILES string of the molecule is Cc1c(C(=O)N[C@@H](CCO)C(=O)O)sc2cccc(F)c12. The summed E-state index contributed by atoms with van der Waals surface area (Å²) in [6, 6.07) is 3.41. The second-order valence-electron chi connectivity index (χ2n) is 4.55. The average Bonchev–Trinajstić information content (AvgIpc) is 2.77. The van der Waals surface area contributed by atoms with Crippen LogP contribution in [0, 0.1) is 12.7 Å². The Bertz CT molecular complexity index is 698. The number of halogens is 1. The highest BCUT2D eigenvalue weighted by molar-refractivity contribution is 7.21. The van der Waals surface area contributed by atoms with Crippen LogP contribution in [-0.2, 0) is 4.79 Å². The summed E-state index contributed by atoms with van der Waals surface area (Å²) in [6.07, 6.45) is -0.0840. The molecule has 0 aliphatic rings. The van der Waals surface area contributed by atoms with E-state index in [4.69, 9.17) is 10.2 Å². The van der Waals surface area contributed by atoms with Crippen LogP contribution < -0.4 is 5.32 Å². The van der Waals surface area contributed by atoms with Gasteiger partial charge in [-0.1, -0.05) is 6.07 Å². The van der Waals surface area contributed by atoms with Gasteiger partial charge in [-0.3, -0.25) is 4.79 Å². The van der Waals surface area contributed by atoms with Crippen molar-refractivity contribution < 1.29 is 24.2 Å². The number of aliphatic hydroxyl groups excluding tert-OH is 1. The van der Waals surface area contributed by atoms with Gasteiger partial charge in [0.05, 0.1) is 4.88 Å². The molecule has 0 unspecified atom stereocenters. The number of nitrogens with one attached hydrogen (secondary N) is 1. The molecule has 0 spiro atoms. The summed E-state index contributed by atoms with van der Waals surface area (Å²) in [5.74, 6) is -2.21. The van der Waals surface area contributed by atoms with Crippen molar-refractivity contribution in [3.63, 3.8) is 0 Å². The van der Waals surface area contributed by atoms with Gasteiger partial charge in [-0.25, -0.2) is 9.18 Å². The molecule has 0 bridgehead atoms. The van der Waals surface area contributed by atoms with Crippen LogP contribution in [0.15, 0.2) is 18.2 Å². The van der Waals surface area contributed by atoms with Gasteiger partial charge in [-0.15, -0.1) is 11.3 Å². The number of amides is 1. The first-order chi connectivity index (χ1) is 9.95. The van der Waals surface area contributed by atoms with E-state index in [2.05, 4.69) is 5.32 Å². The third-order valence-electron chi connectivity index (χ3n) is 3.13. The number of fused-ring (bicyclic) bond motifs is 1. The van der Waals surface area contributed by atoms with Gasteiger partial charge in [-0.2, -0.15) is 0 Å². The van der Waals surface area contributed by atoms with E-state index in [1.165, 1.54) is 6.07 Å². The number of aliphatic carboxylic acids is 1. The van der Waals surface area contributed by atoms with E-state index >= 15 is 0 Å². The van der Waals surface area contributed by atoms with Gasteiger partial charge in [-0.05, 0) is 24.6 Å². The molecule has 0 aliphatic carbocycles. The largest absolute Gasteiger partial charge is 0.480 e. The zero-order valence-electron chi connectivity index (χ0n) is 11.2. The molecule has 0 saturated heterocycles. The van der Waals surface area contributed by atoms with Crippen LogP contribution in [0.4, 0.5) is 4.39 Å². The van der Waals surface area contributed by atoms with Crippen LogP contribution >= 0.6 is 11.3 Å². The van der Waals surface area contributed by atoms with Crippen LogP contribution in [0.5, 0.6) is 0 Å². The number of carbonyl (C=O) groups is 2. The molecule has 1 aromatic carbocycles. The van der Waals surface area contributed by atoms with Gasteiger partial charge in [0.2, 0.25) is 0 Å². The van der Waals surface area contributed by atoms with Crippen molar-refractivity contribution in [2.45, 2.75) is 19.4 Å². The summed E-state index contributed by atoms with van der Waals surface area (Å²) in [4.78, 5) is 23.4. The van der Waals surface area contributed by atoms with E-state index < -0.39 is 23.7 Å². The van der Waals surface area contributed by atoms with Crippen molar-refractivity contribution in [3.05, 3.63) is 34.5 Å². The van der Waals surface area contributed by atoms with Gasteiger partial charge >= 0.3 is 5.97 Å². The predicted molar refractivity (Wildman–Crippen MR) is 77.1 cm³/mol. The number of aliphatic hydroxyl groups is 1. The Morgan fingerprint density at radius 1 is 1.43 bits per heavy atom. The van der Waals surface area contributed by atoms with Crippen molar-refractivity contribution in [3.8, 4) is 0 Å². The van der Waals surface area contributed by atoms with Crippen LogP contribution in [0.25, 0.3) is 10.1 Å². The number of aryl methyl sites for hydroxylation is 1. The first kappa shape index (κ1) is 15.4. The molecular weight excluding hydrogens is 297 g/mol. The molecule has 1 atom stereocenters. The summed E-state index contributed by atoms with van der Waals surface area (Å²) in [6.45, 7) is 1.27. The Balaban J connectivity index is 2.33. The molecule has 2 rings (SSSR count). The lowest BCUT2D eigenvalue weighted by atomic mass is 10.1. The molecule has 2 aromatic rings. The molecular formula is C14H14FNO4S. The average molecular weight is 311 g/mol. The summed E-state index contributed by atoms with van der Waals surface area (Å²) in [5.41, 5.74) is 0.485. The minimum atomic E-state index is -1.22. The van der Waals surface area contributed by atoms with Crippen molar-refractivity contribution in [2.75, 3.05) is 6.61 Å². The van der Waals surface area contributed by atoms with Gasteiger partial charge in [0.15, 0.2) is 0 Å². The Kier molecular flexibility index (Phi) is 4.54. The number of carboxylic acid groups (broad SMARTS) is 1. The number of carboxylic acids is 1. The minimum Gasteiger partial charge on any atom is -0.480 e. The quantitative estimate of drug-likeness (QED) is 0.787. The van der Waals surface area contributed by atoms with Crippen LogP contribution in [0.3, 0.4) is 0 Å². The Labute approximate surface area is 124 Å². The highest BCUT2D eigenvalue weighted by Gasteiger charge is 2.23. The molecule has 7 heteroatoms. The Morgan fingerprint density at radius 3 is 2.71 bits per heavy atom. The lowest BCUT2D eigenvalue weighted by molar-refractivity contribution is -0.139. The highest BCUT2D eigenvalue weighted by Crippen LogP contribution is 2.32. The van der Waals surface area contributed by atoms with Crippen LogP contribution in [0.1, 0.15) is 21.7 Å². The summed E-state index contributed by atoms with van der Waals surface area (Å²) in [5, 5.41) is 20.5. The van der Waals surface area contributed by atoms with Gasteiger partial charge in [0.1, 0.15) is 11.9 Å². The fourth-order valence-electron chi connectivity index (χ4n) is 2.08. The van der Waals surface area contributed by atoms with Crippen molar-refractivity contribution in [2.24, 2.45) is 0 Å². The second-order valence-corrected chi connectivity index (χ2v) is 5.60. The van der Waals surface area contributed by atoms with Crippen molar-refractivity contribution in [1.29, 1.82) is 0 Å². The Morgan fingerprint density at radius 2 is 2.14 bits per heavy atom. The molecule has 1 amide bonds. The maximum atomic E-state index is 13.8. The lowest BCUT2D eigenvalue weighted by Gasteiger charge is -2.12. The van der Waals surface area contributed by atoms with E-state index in [0.29, 0.717) is 15.6 Å². The number of thiophene rings is 1. The molecule has 1 heterocycles. The van der Waals surface area contributed by atoms with Crippen molar-refractivity contribution >= 4 is 33.3 Å². The van der Waals surface area contributed by atoms with Crippen LogP contribution in [-0.4, -0.2) is 34.7 Å². The van der Waals surface area contributed by atoms with E-state index in [1.54, 1.807) is 19.1 Å². The minimum absolute atomic E-state index is 0.0840. The lowest BCUT2D eigenvalue weighted by Crippen LogP contribution is -2.41. The first-order valence-corrected chi connectivity index (χ1v) is 7.09. The molecule has 0 aliphatic heterocycles. The van der Waals surface area contributed by atoms with E-state index in [-0.39, 0.29) is 17.9 Å². The van der Waals surface area contributed by atoms with Gasteiger partial charge < -0.3 is 15.5 Å². The molecule has 5 nitrogen and oxygen atoms in total. The standard InChI is InChI=1S/C14H14FNO4S/c1-7-11-8(15)3-2-4-10(11)21-12(7)13(18)16-9(5-6-17)14(19)20/h2-4,9,17H,5-6H2,1H3,(H,16,18)(H,19,20)/t9-/m0/s1. The third-order valence-corrected chi connectivity index (χ3v) is 4.39. The molecule has 21 heavy (non-hydrogen) atoms. The second kappa shape index (κ2) is 6.19. The fraction of sp³-hybridized carbons (Fsp3) is 0.286. The van der Waals surface area contributed by atoms with Crippen LogP contribution in [0.2, 0.25) is 0 Å². The summed E-state index contributed by atoms with van der Waals surface area (Å²) < 4.78 is 14.4. The zero-order chi connectivity index (χ0) is 15.6. The van der Waals surface area contributed by atoms with Gasteiger partial charge in [0.25, 0.3) is 5.91 Å². The monoisotopic (exact) mass is 311 g/mol. The number of hydrogen-bond acceptors (Lipinski definition) is 4. The summed E-state index contributed by atoms with van der Waals surface area (Å²) in [7, 11) is 0. The van der Waals surface area contributed by atoms with Crippen molar-refractivity contribution in [1.82, 2.24) is 5.32 Å². The fourth-order valence-corrected chi connectivity index (χ4v) is 3.21. The number of hydrogen-bond donors (Lipinski definition) is 3. The highest BCUT2D eigenvalue weighted by atomic mass is 32.1. The first-order valence-electron chi connectivity index (χ1n) is 6.27. The van der Waals surface area contributed by atoms with E-state index in [1.807, 2.05) is 0 Å². The molecule has 0 radical (unpaired) electrons. The number of benzene rings is 1.